The lowest BCUT2D eigenvalue weighted by atomic mass is 9.87. The maximum atomic E-state index is 12.4. The first-order valence-corrected chi connectivity index (χ1v) is 7.85. The van der Waals surface area contributed by atoms with E-state index in [0.29, 0.717) is 5.69 Å². The fraction of sp³-hybridized carbons (Fsp3) is 0.312. The summed E-state index contributed by atoms with van der Waals surface area (Å²) in [4.78, 5) is 12.4. The van der Waals surface area contributed by atoms with Gasteiger partial charge < -0.3 is 15.6 Å². The van der Waals surface area contributed by atoms with E-state index in [-0.39, 0.29) is 24.4 Å². The summed E-state index contributed by atoms with van der Waals surface area (Å²) in [5.74, 6) is -0.0436. The summed E-state index contributed by atoms with van der Waals surface area (Å²) in [6.07, 6.45) is 4.94. The molecule has 1 heterocycles. The summed E-state index contributed by atoms with van der Waals surface area (Å²) in [5.41, 5.74) is 9.73. The van der Waals surface area contributed by atoms with Gasteiger partial charge in [0.2, 0.25) is 0 Å². The van der Waals surface area contributed by atoms with Gasteiger partial charge in [-0.3, -0.25) is 4.79 Å². The van der Waals surface area contributed by atoms with Gasteiger partial charge in [-0.2, -0.15) is 0 Å². The highest BCUT2D eigenvalue weighted by molar-refractivity contribution is 9.10. The number of nitrogens with two attached hydrogens (primary N) is 1. The number of carbonyl (C=O) groups is 1. The third-order valence-corrected chi connectivity index (χ3v) is 4.42. The van der Waals surface area contributed by atoms with Crippen molar-refractivity contribution in [2.45, 2.75) is 25.3 Å². The molecule has 3 N–H and O–H groups in total. The van der Waals surface area contributed by atoms with Crippen molar-refractivity contribution in [1.29, 1.82) is 0 Å². The maximum absolute atomic E-state index is 12.4. The van der Waals surface area contributed by atoms with Gasteiger partial charge in [-0.1, -0.05) is 6.07 Å². The molecule has 0 bridgehead atoms. The summed E-state index contributed by atoms with van der Waals surface area (Å²) in [7, 11) is 1.87. The van der Waals surface area contributed by atoms with Crippen LogP contribution in [0.15, 0.2) is 34.9 Å². The first kappa shape index (κ1) is 16.9. The largest absolute Gasteiger partial charge is 0.399 e. The van der Waals surface area contributed by atoms with Crippen LogP contribution in [0.4, 0.5) is 5.69 Å². The summed E-state index contributed by atoms with van der Waals surface area (Å²) in [5, 5.41) is 3.14. The Hall–Kier alpha value is -1.46. The first-order chi connectivity index (χ1) is 10.0. The zero-order valence-electron chi connectivity index (χ0n) is 12.3. The molecule has 1 aromatic heterocycles. The molecule has 4 nitrogen and oxygen atoms in total. The van der Waals surface area contributed by atoms with E-state index in [1.165, 1.54) is 11.1 Å². The Labute approximate surface area is 144 Å². The van der Waals surface area contributed by atoms with Crippen LogP contribution in [0.25, 0.3) is 0 Å². The average molecular weight is 385 g/mol. The minimum atomic E-state index is -0.0436. The summed E-state index contributed by atoms with van der Waals surface area (Å²) < 4.78 is 2.73. The van der Waals surface area contributed by atoms with Gasteiger partial charge in [-0.25, -0.2) is 0 Å². The van der Waals surface area contributed by atoms with Crippen LogP contribution in [-0.2, 0) is 13.5 Å². The average Bonchev–Trinajstić information content (AvgIpc) is 2.77. The van der Waals surface area contributed by atoms with Crippen LogP contribution in [0.5, 0.6) is 0 Å². The third kappa shape index (κ3) is 3.31. The molecule has 0 saturated carbocycles. The molecule has 0 fully saturated rings. The molecule has 22 heavy (non-hydrogen) atoms. The van der Waals surface area contributed by atoms with Gasteiger partial charge in [0.25, 0.3) is 5.91 Å². The van der Waals surface area contributed by atoms with Crippen LogP contribution in [-0.4, -0.2) is 10.5 Å². The fourth-order valence-corrected chi connectivity index (χ4v) is 3.49. The zero-order valence-corrected chi connectivity index (χ0v) is 14.7. The van der Waals surface area contributed by atoms with E-state index in [1.807, 2.05) is 42.1 Å². The van der Waals surface area contributed by atoms with Crippen molar-refractivity contribution >= 4 is 39.9 Å². The van der Waals surface area contributed by atoms with Crippen LogP contribution in [0.2, 0.25) is 0 Å². The second-order valence-corrected chi connectivity index (χ2v) is 6.45. The number of aromatic nitrogens is 1. The number of hydrogen-bond acceptors (Lipinski definition) is 2. The molecule has 1 amide bonds. The highest BCUT2D eigenvalue weighted by atomic mass is 79.9. The van der Waals surface area contributed by atoms with E-state index in [2.05, 4.69) is 21.2 Å². The molecule has 0 saturated heterocycles. The lowest BCUT2D eigenvalue weighted by molar-refractivity contribution is 0.0924. The number of rotatable bonds is 2. The van der Waals surface area contributed by atoms with Crippen molar-refractivity contribution in [3.05, 3.63) is 51.8 Å². The van der Waals surface area contributed by atoms with E-state index in [9.17, 15) is 4.79 Å². The van der Waals surface area contributed by atoms with Crippen LogP contribution >= 0.6 is 28.3 Å². The number of hydrogen-bond donors (Lipinski definition) is 2. The molecule has 3 rings (SSSR count). The van der Waals surface area contributed by atoms with Crippen LogP contribution in [0.3, 0.4) is 0 Å². The SMILES string of the molecule is Cl.Cn1cc(Br)cc1C(=O)NC1CCCc2cc(N)ccc21. The van der Waals surface area contributed by atoms with Crippen molar-refractivity contribution in [2.24, 2.45) is 7.05 Å². The fourth-order valence-electron chi connectivity index (χ4n) is 2.97. The Balaban J connectivity index is 0.00000176. The molecular weight excluding hydrogens is 366 g/mol. The van der Waals surface area contributed by atoms with Crippen molar-refractivity contribution in [1.82, 2.24) is 9.88 Å². The van der Waals surface area contributed by atoms with E-state index in [4.69, 9.17) is 5.73 Å². The second kappa shape index (κ2) is 6.75. The highest BCUT2D eigenvalue weighted by Crippen LogP contribution is 2.31. The molecule has 1 unspecified atom stereocenters. The first-order valence-electron chi connectivity index (χ1n) is 7.05. The third-order valence-electron chi connectivity index (χ3n) is 3.99. The smallest absolute Gasteiger partial charge is 0.268 e. The van der Waals surface area contributed by atoms with Gasteiger partial charge in [0, 0.05) is 23.4 Å². The van der Waals surface area contributed by atoms with Gasteiger partial charge in [0.15, 0.2) is 0 Å². The number of aryl methyl sites for hydroxylation is 2. The topological polar surface area (TPSA) is 60.0 Å². The van der Waals surface area contributed by atoms with Gasteiger partial charge in [-0.05, 0) is 64.5 Å². The number of nitrogen functional groups attached to an aromatic ring is 1. The van der Waals surface area contributed by atoms with Crippen LogP contribution < -0.4 is 11.1 Å². The van der Waals surface area contributed by atoms with Crippen LogP contribution in [0, 0.1) is 0 Å². The molecule has 0 radical (unpaired) electrons. The monoisotopic (exact) mass is 383 g/mol. The number of amides is 1. The molecule has 6 heteroatoms. The van der Waals surface area contributed by atoms with E-state index in [1.54, 1.807) is 0 Å². The lowest BCUT2D eigenvalue weighted by Gasteiger charge is -2.26. The molecular formula is C16H19BrClN3O. The summed E-state index contributed by atoms with van der Waals surface area (Å²) >= 11 is 3.40. The number of nitrogens with one attached hydrogen (secondary N) is 1. The van der Waals surface area contributed by atoms with E-state index < -0.39 is 0 Å². The summed E-state index contributed by atoms with van der Waals surface area (Å²) in [6.45, 7) is 0. The molecule has 1 aliphatic rings. The number of benzene rings is 1. The molecule has 2 aromatic rings. The molecule has 118 valence electrons. The standard InChI is InChI=1S/C16H18BrN3O.ClH/c1-20-9-11(17)8-15(20)16(21)19-14-4-2-3-10-7-12(18)5-6-13(10)14;/h5-9,14H,2-4,18H2,1H3,(H,19,21);1H. The number of fused-ring (bicyclic) bond motifs is 1. The molecule has 0 aliphatic heterocycles. The maximum Gasteiger partial charge on any atom is 0.268 e. The van der Waals surface area contributed by atoms with Crippen molar-refractivity contribution < 1.29 is 4.79 Å². The quantitative estimate of drug-likeness (QED) is 0.777. The van der Waals surface area contributed by atoms with Gasteiger partial charge in [-0.15, -0.1) is 12.4 Å². The predicted octanol–water partition coefficient (Wildman–Crippen LogP) is 3.60. The minimum Gasteiger partial charge on any atom is -0.399 e. The van der Waals surface area contributed by atoms with Gasteiger partial charge in [0.05, 0.1) is 6.04 Å². The van der Waals surface area contributed by atoms with Gasteiger partial charge >= 0.3 is 0 Å². The molecule has 1 atom stereocenters. The Morgan fingerprint density at radius 2 is 2.18 bits per heavy atom. The molecule has 0 spiro atoms. The van der Waals surface area contributed by atoms with Crippen molar-refractivity contribution in [3.63, 3.8) is 0 Å². The second-order valence-electron chi connectivity index (χ2n) is 5.53. The molecule has 1 aliphatic carbocycles. The Bertz CT molecular complexity index is 699. The number of carbonyl (C=O) groups excluding carboxylic acids is 1. The zero-order chi connectivity index (χ0) is 15.0. The number of nitrogens with zero attached hydrogens (tertiary/aromatic N) is 1. The van der Waals surface area contributed by atoms with Crippen LogP contribution in [0.1, 0.15) is 40.5 Å². The Morgan fingerprint density at radius 3 is 2.86 bits per heavy atom. The Morgan fingerprint density at radius 1 is 1.41 bits per heavy atom. The highest BCUT2D eigenvalue weighted by Gasteiger charge is 2.23. The van der Waals surface area contributed by atoms with Gasteiger partial charge in [0.1, 0.15) is 5.69 Å². The number of halogens is 2. The normalized spacial score (nSPS) is 16.5. The van der Waals surface area contributed by atoms with Crippen molar-refractivity contribution in [2.75, 3.05) is 5.73 Å². The minimum absolute atomic E-state index is 0. The molecule has 1 aromatic carbocycles. The lowest BCUT2D eigenvalue weighted by Crippen LogP contribution is -2.32. The predicted molar refractivity (Wildman–Crippen MR) is 94.4 cm³/mol. The summed E-state index contributed by atoms with van der Waals surface area (Å²) in [6, 6.07) is 7.86. The van der Waals surface area contributed by atoms with E-state index in [0.717, 1.165) is 29.4 Å². The Kier molecular flexibility index (Phi) is 5.19. The van der Waals surface area contributed by atoms with Crippen molar-refractivity contribution in [3.8, 4) is 0 Å². The number of anilines is 1. The van der Waals surface area contributed by atoms with E-state index >= 15 is 0 Å².